The summed E-state index contributed by atoms with van der Waals surface area (Å²) in [6.07, 6.45) is 1.81. The zero-order chi connectivity index (χ0) is 11.7. The summed E-state index contributed by atoms with van der Waals surface area (Å²) in [4.78, 5) is 0. The fourth-order valence-electron chi connectivity index (χ4n) is 1.70. The van der Waals surface area contributed by atoms with Crippen LogP contribution in [-0.4, -0.2) is 9.78 Å². The van der Waals surface area contributed by atoms with E-state index >= 15 is 0 Å². The maximum Gasteiger partial charge on any atom is 0.0586 e. The van der Waals surface area contributed by atoms with E-state index in [-0.39, 0.29) is 6.04 Å². The fraction of sp³-hybridized carbons (Fsp3) is 0.250. The average molecular weight is 236 g/mol. The lowest BCUT2D eigenvalue weighted by atomic mass is 10.0. The van der Waals surface area contributed by atoms with Crippen LogP contribution in [0.15, 0.2) is 30.5 Å². The molecule has 84 valence electrons. The molecular formula is C12H14ClN3. The van der Waals surface area contributed by atoms with Gasteiger partial charge in [0.1, 0.15) is 0 Å². The minimum absolute atomic E-state index is 0.174. The maximum atomic E-state index is 6.19. The first-order chi connectivity index (χ1) is 7.59. The van der Waals surface area contributed by atoms with Crippen LogP contribution < -0.4 is 5.73 Å². The average Bonchev–Trinajstić information content (AvgIpc) is 2.59. The second kappa shape index (κ2) is 4.28. The molecule has 2 N–H and O–H groups in total. The van der Waals surface area contributed by atoms with E-state index in [1.807, 2.05) is 42.9 Å². The van der Waals surface area contributed by atoms with Crippen molar-refractivity contribution in [3.8, 4) is 0 Å². The Hall–Kier alpha value is -1.32. The van der Waals surface area contributed by atoms with Gasteiger partial charge in [0.25, 0.3) is 0 Å². The van der Waals surface area contributed by atoms with E-state index in [4.69, 9.17) is 17.3 Å². The molecule has 16 heavy (non-hydrogen) atoms. The molecule has 4 heteroatoms. The first-order valence-electron chi connectivity index (χ1n) is 5.09. The third-order valence-electron chi connectivity index (χ3n) is 2.82. The zero-order valence-corrected chi connectivity index (χ0v) is 10.1. The number of aromatic nitrogens is 2. The second-order valence-electron chi connectivity index (χ2n) is 3.84. The standard InChI is InChI=1S/C12H14ClN3/c1-8-11(7-15-16(8)2)12(14)9-4-3-5-10(13)6-9/h3-7,12H,14H2,1-2H3. The fourth-order valence-corrected chi connectivity index (χ4v) is 1.90. The first-order valence-corrected chi connectivity index (χ1v) is 5.47. The van der Waals surface area contributed by atoms with Crippen LogP contribution in [0.5, 0.6) is 0 Å². The van der Waals surface area contributed by atoms with Crippen LogP contribution in [-0.2, 0) is 7.05 Å². The van der Waals surface area contributed by atoms with Gasteiger partial charge in [-0.05, 0) is 24.6 Å². The molecule has 1 heterocycles. The van der Waals surface area contributed by atoms with Crippen LogP contribution in [0, 0.1) is 6.92 Å². The summed E-state index contributed by atoms with van der Waals surface area (Å²) < 4.78 is 1.82. The molecule has 0 aliphatic carbocycles. The minimum Gasteiger partial charge on any atom is -0.320 e. The van der Waals surface area contributed by atoms with Crippen LogP contribution in [0.3, 0.4) is 0 Å². The monoisotopic (exact) mass is 235 g/mol. The highest BCUT2D eigenvalue weighted by molar-refractivity contribution is 6.30. The summed E-state index contributed by atoms with van der Waals surface area (Å²) in [6.45, 7) is 2.01. The number of nitrogens with zero attached hydrogens (tertiary/aromatic N) is 2. The highest BCUT2D eigenvalue weighted by Crippen LogP contribution is 2.23. The molecule has 0 aliphatic rings. The number of nitrogens with two attached hydrogens (primary N) is 1. The molecule has 0 radical (unpaired) electrons. The van der Waals surface area contributed by atoms with Gasteiger partial charge in [-0.2, -0.15) is 5.10 Å². The highest BCUT2D eigenvalue weighted by atomic mass is 35.5. The van der Waals surface area contributed by atoms with Crippen LogP contribution in [0.1, 0.15) is 22.9 Å². The van der Waals surface area contributed by atoms with Crippen molar-refractivity contribution in [2.45, 2.75) is 13.0 Å². The molecule has 3 nitrogen and oxygen atoms in total. The molecule has 0 amide bonds. The highest BCUT2D eigenvalue weighted by Gasteiger charge is 2.14. The zero-order valence-electron chi connectivity index (χ0n) is 9.31. The predicted molar refractivity (Wildman–Crippen MR) is 65.4 cm³/mol. The van der Waals surface area contributed by atoms with Crippen molar-refractivity contribution in [2.24, 2.45) is 12.8 Å². The van der Waals surface area contributed by atoms with Gasteiger partial charge in [0.2, 0.25) is 0 Å². The Bertz CT molecular complexity index is 505. The molecule has 1 atom stereocenters. The van der Waals surface area contributed by atoms with E-state index < -0.39 is 0 Å². The Balaban J connectivity index is 2.39. The normalized spacial score (nSPS) is 12.8. The minimum atomic E-state index is -0.174. The Labute approximate surface area is 99.8 Å². The van der Waals surface area contributed by atoms with Crippen molar-refractivity contribution >= 4 is 11.6 Å². The van der Waals surface area contributed by atoms with Crippen molar-refractivity contribution < 1.29 is 0 Å². The number of hydrogen-bond acceptors (Lipinski definition) is 2. The quantitative estimate of drug-likeness (QED) is 0.869. The lowest BCUT2D eigenvalue weighted by Crippen LogP contribution is -2.12. The summed E-state index contributed by atoms with van der Waals surface area (Å²) in [5, 5.41) is 4.89. The number of hydrogen-bond donors (Lipinski definition) is 1. The molecule has 0 spiro atoms. The number of benzene rings is 1. The smallest absolute Gasteiger partial charge is 0.0586 e. The van der Waals surface area contributed by atoms with Gasteiger partial charge in [-0.25, -0.2) is 0 Å². The number of rotatable bonds is 2. The van der Waals surface area contributed by atoms with E-state index in [2.05, 4.69) is 5.10 Å². The SMILES string of the molecule is Cc1c(C(N)c2cccc(Cl)c2)cnn1C. The van der Waals surface area contributed by atoms with Crippen molar-refractivity contribution in [3.05, 3.63) is 52.3 Å². The van der Waals surface area contributed by atoms with Gasteiger partial charge in [0.15, 0.2) is 0 Å². The van der Waals surface area contributed by atoms with Crippen LogP contribution in [0.4, 0.5) is 0 Å². The van der Waals surface area contributed by atoms with Crippen molar-refractivity contribution in [2.75, 3.05) is 0 Å². The van der Waals surface area contributed by atoms with Crippen LogP contribution in [0.2, 0.25) is 5.02 Å². The molecular weight excluding hydrogens is 222 g/mol. The molecule has 2 aromatic rings. The summed E-state index contributed by atoms with van der Waals surface area (Å²) >= 11 is 5.94. The second-order valence-corrected chi connectivity index (χ2v) is 4.28. The Kier molecular flexibility index (Phi) is 2.99. The number of aryl methyl sites for hydroxylation is 1. The van der Waals surface area contributed by atoms with Crippen LogP contribution >= 0.6 is 11.6 Å². The molecule has 1 aromatic carbocycles. The Morgan fingerprint density at radius 1 is 1.44 bits per heavy atom. The van der Waals surface area contributed by atoms with Crippen molar-refractivity contribution in [3.63, 3.8) is 0 Å². The maximum absolute atomic E-state index is 6.19. The third-order valence-corrected chi connectivity index (χ3v) is 3.05. The molecule has 1 unspecified atom stereocenters. The third kappa shape index (κ3) is 1.96. The first kappa shape index (κ1) is 11.2. The summed E-state index contributed by atoms with van der Waals surface area (Å²) in [7, 11) is 1.91. The van der Waals surface area contributed by atoms with E-state index in [0.29, 0.717) is 5.02 Å². The molecule has 2 rings (SSSR count). The molecule has 0 bridgehead atoms. The summed E-state index contributed by atoms with van der Waals surface area (Å²) in [6, 6.07) is 7.44. The Morgan fingerprint density at radius 2 is 2.19 bits per heavy atom. The largest absolute Gasteiger partial charge is 0.320 e. The molecule has 1 aromatic heterocycles. The lowest BCUT2D eigenvalue weighted by Gasteiger charge is -2.12. The van der Waals surface area contributed by atoms with E-state index in [1.165, 1.54) is 0 Å². The molecule has 0 aliphatic heterocycles. The van der Waals surface area contributed by atoms with E-state index in [1.54, 1.807) is 6.20 Å². The summed E-state index contributed by atoms with van der Waals surface area (Å²) in [5.74, 6) is 0. The van der Waals surface area contributed by atoms with Gasteiger partial charge in [-0.3, -0.25) is 4.68 Å². The van der Waals surface area contributed by atoms with Gasteiger partial charge in [0.05, 0.1) is 12.2 Å². The van der Waals surface area contributed by atoms with Gasteiger partial charge in [-0.15, -0.1) is 0 Å². The lowest BCUT2D eigenvalue weighted by molar-refractivity contribution is 0.734. The van der Waals surface area contributed by atoms with Gasteiger partial charge in [-0.1, -0.05) is 23.7 Å². The molecule has 0 saturated heterocycles. The topological polar surface area (TPSA) is 43.8 Å². The van der Waals surface area contributed by atoms with Gasteiger partial charge >= 0.3 is 0 Å². The molecule has 0 fully saturated rings. The summed E-state index contributed by atoms with van der Waals surface area (Å²) in [5.41, 5.74) is 9.30. The van der Waals surface area contributed by atoms with E-state index in [9.17, 15) is 0 Å². The van der Waals surface area contributed by atoms with Crippen LogP contribution in [0.25, 0.3) is 0 Å². The Morgan fingerprint density at radius 3 is 2.75 bits per heavy atom. The van der Waals surface area contributed by atoms with Gasteiger partial charge in [0, 0.05) is 23.3 Å². The van der Waals surface area contributed by atoms with Gasteiger partial charge < -0.3 is 5.73 Å². The number of halogens is 1. The van der Waals surface area contributed by atoms with Crippen molar-refractivity contribution in [1.29, 1.82) is 0 Å². The van der Waals surface area contributed by atoms with Crippen molar-refractivity contribution in [1.82, 2.24) is 9.78 Å². The van der Waals surface area contributed by atoms with E-state index in [0.717, 1.165) is 16.8 Å². The predicted octanol–water partition coefficient (Wildman–Crippen LogP) is 2.43. The molecule has 0 saturated carbocycles.